The Bertz CT molecular complexity index is 857. The van der Waals surface area contributed by atoms with Crippen LogP contribution >= 0.6 is 11.8 Å². The van der Waals surface area contributed by atoms with E-state index >= 15 is 0 Å². The van der Waals surface area contributed by atoms with Crippen molar-refractivity contribution in [3.8, 4) is 0 Å². The first-order valence-corrected chi connectivity index (χ1v) is 11.7. The summed E-state index contributed by atoms with van der Waals surface area (Å²) in [6, 6.07) is 12.6. The van der Waals surface area contributed by atoms with Gasteiger partial charge in [-0.2, -0.15) is 0 Å². The summed E-state index contributed by atoms with van der Waals surface area (Å²) in [5, 5.41) is 3.84. The van der Waals surface area contributed by atoms with E-state index in [1.165, 1.54) is 0 Å². The van der Waals surface area contributed by atoms with E-state index in [2.05, 4.69) is 17.2 Å². The van der Waals surface area contributed by atoms with Crippen LogP contribution in [0.2, 0.25) is 0 Å². The zero-order valence-corrected chi connectivity index (χ0v) is 16.8. The minimum absolute atomic E-state index is 0.0775. The molecule has 3 rings (SSSR count). The van der Waals surface area contributed by atoms with Gasteiger partial charge in [0.1, 0.15) is 6.04 Å². The molecule has 1 fully saturated rings. The molecule has 0 aliphatic carbocycles. The summed E-state index contributed by atoms with van der Waals surface area (Å²) in [5.74, 6) is 0.910. The first-order chi connectivity index (χ1) is 13.0. The topological polar surface area (TPSA) is 79.4 Å². The molecule has 1 N–H and O–H groups in total. The molecule has 0 radical (unpaired) electrons. The first-order valence-electron chi connectivity index (χ1n) is 8.87. The van der Waals surface area contributed by atoms with Crippen LogP contribution in [0.1, 0.15) is 18.5 Å². The third-order valence-corrected chi connectivity index (χ3v) is 6.84. The molecule has 8 heteroatoms. The highest BCUT2D eigenvalue weighted by Gasteiger charge is 2.32. The molecule has 1 aromatic carbocycles. The number of benzene rings is 1. The summed E-state index contributed by atoms with van der Waals surface area (Å²) >= 11 is 1.64. The molecular weight excluding hydrogens is 382 g/mol. The number of amides is 1. The van der Waals surface area contributed by atoms with Crippen molar-refractivity contribution < 1.29 is 13.2 Å². The predicted octanol–water partition coefficient (Wildman–Crippen LogP) is 2.60. The van der Waals surface area contributed by atoms with Crippen LogP contribution in [-0.4, -0.2) is 54.6 Å². The Morgan fingerprint density at radius 2 is 1.89 bits per heavy atom. The zero-order chi connectivity index (χ0) is 19.3. The summed E-state index contributed by atoms with van der Waals surface area (Å²) in [6.07, 6.45) is 1.65. The van der Waals surface area contributed by atoms with Crippen molar-refractivity contribution in [2.45, 2.75) is 18.0 Å². The third-order valence-electron chi connectivity index (χ3n) is 4.40. The summed E-state index contributed by atoms with van der Waals surface area (Å²) < 4.78 is 23.5. The molecule has 1 amide bonds. The Morgan fingerprint density at radius 1 is 1.19 bits per heavy atom. The van der Waals surface area contributed by atoms with Crippen LogP contribution in [-0.2, 0) is 14.6 Å². The minimum atomic E-state index is -3.01. The first kappa shape index (κ1) is 19.9. The van der Waals surface area contributed by atoms with Crippen molar-refractivity contribution in [3.05, 3.63) is 54.2 Å². The number of sulfone groups is 1. The van der Waals surface area contributed by atoms with Crippen LogP contribution in [0.3, 0.4) is 0 Å². The molecule has 2 heterocycles. The summed E-state index contributed by atoms with van der Waals surface area (Å²) in [6.45, 7) is 2.75. The van der Waals surface area contributed by atoms with Crippen LogP contribution in [0.25, 0.3) is 0 Å². The maximum atomic E-state index is 13.0. The van der Waals surface area contributed by atoms with Crippen molar-refractivity contribution in [1.29, 1.82) is 0 Å². The van der Waals surface area contributed by atoms with E-state index < -0.39 is 15.9 Å². The molecule has 0 bridgehead atoms. The van der Waals surface area contributed by atoms with E-state index in [0.29, 0.717) is 18.8 Å². The average Bonchev–Trinajstić information content (AvgIpc) is 2.66. The number of hydrogen-bond donors (Lipinski definition) is 1. The van der Waals surface area contributed by atoms with Crippen molar-refractivity contribution in [3.63, 3.8) is 0 Å². The molecule has 1 aliphatic heterocycles. The largest absolute Gasteiger partial charge is 0.323 e. The van der Waals surface area contributed by atoms with E-state index in [-0.39, 0.29) is 17.4 Å². The molecule has 1 unspecified atom stereocenters. The maximum absolute atomic E-state index is 13.0. The molecule has 1 aliphatic rings. The summed E-state index contributed by atoms with van der Waals surface area (Å²) in [7, 11) is -3.01. The van der Waals surface area contributed by atoms with Gasteiger partial charge in [-0.15, -0.1) is 11.8 Å². The van der Waals surface area contributed by atoms with Gasteiger partial charge < -0.3 is 5.32 Å². The Kier molecular flexibility index (Phi) is 6.51. The zero-order valence-electron chi connectivity index (χ0n) is 15.2. The van der Waals surface area contributed by atoms with Gasteiger partial charge in [-0.3, -0.25) is 9.69 Å². The van der Waals surface area contributed by atoms with Crippen LogP contribution in [0.15, 0.2) is 53.7 Å². The number of rotatable bonds is 6. The highest BCUT2D eigenvalue weighted by atomic mass is 32.2. The van der Waals surface area contributed by atoms with Crippen molar-refractivity contribution in [1.82, 2.24) is 9.88 Å². The third kappa shape index (κ3) is 5.31. The van der Waals surface area contributed by atoms with Crippen LogP contribution in [0.5, 0.6) is 0 Å². The average molecular weight is 406 g/mol. The van der Waals surface area contributed by atoms with Gasteiger partial charge in [0.15, 0.2) is 9.84 Å². The lowest BCUT2D eigenvalue weighted by Gasteiger charge is -2.33. The molecule has 6 nitrogen and oxygen atoms in total. The fourth-order valence-electron chi connectivity index (χ4n) is 3.05. The molecule has 1 aromatic heterocycles. The molecule has 1 atom stereocenters. The molecule has 0 spiro atoms. The van der Waals surface area contributed by atoms with Crippen LogP contribution < -0.4 is 5.32 Å². The van der Waals surface area contributed by atoms with Gasteiger partial charge in [0, 0.05) is 13.1 Å². The summed E-state index contributed by atoms with van der Waals surface area (Å²) in [4.78, 5) is 19.3. The van der Waals surface area contributed by atoms with E-state index in [9.17, 15) is 13.2 Å². The lowest BCUT2D eigenvalue weighted by atomic mass is 10.0. The monoisotopic (exact) mass is 405 g/mol. The number of aromatic nitrogens is 1. The van der Waals surface area contributed by atoms with Gasteiger partial charge in [-0.05, 0) is 23.4 Å². The minimum Gasteiger partial charge on any atom is -0.323 e. The molecular formula is C19H23N3O3S2. The molecule has 1 saturated heterocycles. The number of pyridine rings is 1. The standard InChI is InChI=1S/C19H23N3O3S2/c1-2-26-17-9-8-16(14-20-17)21-19(23)18(15-6-4-3-5-7-15)22-10-12-27(24,25)13-11-22/h3-9,14,18H,2,10-13H2,1H3,(H,21,23). The second-order valence-corrected chi connectivity index (χ2v) is 9.90. The van der Waals surface area contributed by atoms with Gasteiger partial charge in [-0.1, -0.05) is 37.3 Å². The predicted molar refractivity (Wildman–Crippen MR) is 109 cm³/mol. The van der Waals surface area contributed by atoms with Crippen LogP contribution in [0.4, 0.5) is 5.69 Å². The normalized spacial score (nSPS) is 18.0. The maximum Gasteiger partial charge on any atom is 0.246 e. The van der Waals surface area contributed by atoms with Gasteiger partial charge in [0.05, 0.1) is 28.4 Å². The lowest BCUT2D eigenvalue weighted by molar-refractivity contribution is -0.121. The lowest BCUT2D eigenvalue weighted by Crippen LogP contribution is -2.46. The van der Waals surface area contributed by atoms with Gasteiger partial charge in [-0.25, -0.2) is 13.4 Å². The van der Waals surface area contributed by atoms with Crippen molar-refractivity contribution in [2.24, 2.45) is 0 Å². The molecule has 27 heavy (non-hydrogen) atoms. The Labute approximate surface area is 164 Å². The number of hydrogen-bond acceptors (Lipinski definition) is 6. The Hall–Kier alpha value is -1.90. The number of nitrogens with zero attached hydrogens (tertiary/aromatic N) is 2. The summed E-state index contributed by atoms with van der Waals surface area (Å²) in [5.41, 5.74) is 1.48. The second-order valence-electron chi connectivity index (χ2n) is 6.31. The van der Waals surface area contributed by atoms with Gasteiger partial charge in [0.2, 0.25) is 5.91 Å². The fraction of sp³-hybridized carbons (Fsp3) is 0.368. The quantitative estimate of drug-likeness (QED) is 0.744. The number of nitrogens with one attached hydrogen (secondary N) is 1. The van der Waals surface area contributed by atoms with Gasteiger partial charge in [0.25, 0.3) is 0 Å². The highest BCUT2D eigenvalue weighted by Crippen LogP contribution is 2.25. The van der Waals surface area contributed by atoms with E-state index in [1.54, 1.807) is 18.0 Å². The van der Waals surface area contributed by atoms with Gasteiger partial charge >= 0.3 is 0 Å². The SMILES string of the molecule is CCSc1ccc(NC(=O)C(c2ccccc2)N2CCS(=O)(=O)CC2)cn1. The van der Waals surface area contributed by atoms with Crippen molar-refractivity contribution in [2.75, 3.05) is 35.7 Å². The van der Waals surface area contributed by atoms with E-state index in [1.807, 2.05) is 47.4 Å². The second kappa shape index (κ2) is 8.86. The molecule has 2 aromatic rings. The molecule has 0 saturated carbocycles. The van der Waals surface area contributed by atoms with E-state index in [4.69, 9.17) is 0 Å². The Morgan fingerprint density at radius 3 is 2.48 bits per heavy atom. The number of anilines is 1. The highest BCUT2D eigenvalue weighted by molar-refractivity contribution is 7.99. The van der Waals surface area contributed by atoms with Crippen LogP contribution in [0, 0.1) is 0 Å². The number of carbonyl (C=O) groups excluding carboxylic acids is 1. The smallest absolute Gasteiger partial charge is 0.246 e. The number of thioether (sulfide) groups is 1. The molecule has 144 valence electrons. The van der Waals surface area contributed by atoms with E-state index in [0.717, 1.165) is 16.3 Å². The number of carbonyl (C=O) groups is 1. The van der Waals surface area contributed by atoms with Crippen molar-refractivity contribution >= 4 is 33.2 Å². The fourth-order valence-corrected chi connectivity index (χ4v) is 4.86. The Balaban J connectivity index is 1.79.